The summed E-state index contributed by atoms with van der Waals surface area (Å²) in [6.45, 7) is 5.99. The second-order valence-corrected chi connectivity index (χ2v) is 5.31. The minimum absolute atomic E-state index is 0.234. The van der Waals surface area contributed by atoms with E-state index >= 15 is 0 Å². The molecule has 1 heterocycles. The van der Waals surface area contributed by atoms with Gasteiger partial charge in [-0.2, -0.15) is 0 Å². The van der Waals surface area contributed by atoms with Crippen LogP contribution >= 0.6 is 0 Å². The van der Waals surface area contributed by atoms with Gasteiger partial charge in [0.15, 0.2) is 6.10 Å². The van der Waals surface area contributed by atoms with Gasteiger partial charge in [0.2, 0.25) is 0 Å². The third-order valence-electron chi connectivity index (χ3n) is 3.48. The van der Waals surface area contributed by atoms with E-state index in [0.717, 1.165) is 16.8 Å². The molecule has 0 aliphatic heterocycles. The number of aromatic nitrogens is 2. The fourth-order valence-corrected chi connectivity index (χ4v) is 2.37. The van der Waals surface area contributed by atoms with Gasteiger partial charge in [-0.25, -0.2) is 9.37 Å². The summed E-state index contributed by atoms with van der Waals surface area (Å²) in [7, 11) is 0. The molecule has 1 aromatic heterocycles. The summed E-state index contributed by atoms with van der Waals surface area (Å²) >= 11 is 0. The fraction of sp³-hybridized carbons (Fsp3) is 0.235. The van der Waals surface area contributed by atoms with E-state index in [9.17, 15) is 4.39 Å². The first-order valence-corrected chi connectivity index (χ1v) is 6.92. The first-order chi connectivity index (χ1) is 10.0. The lowest BCUT2D eigenvalue weighted by atomic mass is 10.1. The Balaban J connectivity index is 1.87. The number of hydrogen-bond donors (Lipinski definition) is 1. The third kappa shape index (κ3) is 2.75. The van der Waals surface area contributed by atoms with Crippen molar-refractivity contribution in [2.24, 2.45) is 0 Å². The molecule has 0 radical (unpaired) electrons. The van der Waals surface area contributed by atoms with E-state index < -0.39 is 0 Å². The van der Waals surface area contributed by atoms with E-state index in [1.165, 1.54) is 17.7 Å². The third-order valence-corrected chi connectivity index (χ3v) is 3.48. The predicted molar refractivity (Wildman–Crippen MR) is 81.0 cm³/mol. The molecule has 108 valence electrons. The number of ether oxygens (including phenoxy) is 1. The Kier molecular flexibility index (Phi) is 3.37. The van der Waals surface area contributed by atoms with Gasteiger partial charge >= 0.3 is 0 Å². The Morgan fingerprint density at radius 1 is 1.14 bits per heavy atom. The summed E-state index contributed by atoms with van der Waals surface area (Å²) in [5.74, 6) is 1.25. The van der Waals surface area contributed by atoms with E-state index in [1.807, 2.05) is 32.9 Å². The maximum atomic E-state index is 13.2. The Bertz CT molecular complexity index is 795. The molecular weight excluding hydrogens is 267 g/mol. The van der Waals surface area contributed by atoms with Crippen molar-refractivity contribution in [1.82, 2.24) is 9.97 Å². The average molecular weight is 284 g/mol. The van der Waals surface area contributed by atoms with Gasteiger partial charge in [0.25, 0.3) is 0 Å². The molecule has 4 heteroatoms. The summed E-state index contributed by atoms with van der Waals surface area (Å²) in [6, 6.07) is 10.6. The van der Waals surface area contributed by atoms with Gasteiger partial charge in [-0.15, -0.1) is 0 Å². The molecule has 1 unspecified atom stereocenters. The molecule has 0 amide bonds. The topological polar surface area (TPSA) is 37.9 Å². The molecule has 1 atom stereocenters. The number of fused-ring (bicyclic) bond motifs is 1. The van der Waals surface area contributed by atoms with Crippen molar-refractivity contribution in [3.05, 3.63) is 59.2 Å². The minimum Gasteiger partial charge on any atom is -0.483 e. The Morgan fingerprint density at radius 2 is 1.95 bits per heavy atom. The first kappa shape index (κ1) is 13.6. The molecule has 0 saturated carbocycles. The van der Waals surface area contributed by atoms with Crippen molar-refractivity contribution < 1.29 is 9.13 Å². The smallest absolute Gasteiger partial charge is 0.153 e. The molecule has 21 heavy (non-hydrogen) atoms. The molecule has 0 bridgehead atoms. The van der Waals surface area contributed by atoms with Gasteiger partial charge in [0.1, 0.15) is 17.4 Å². The Hall–Kier alpha value is -2.36. The van der Waals surface area contributed by atoms with Crippen LogP contribution in [0.1, 0.15) is 30.0 Å². The van der Waals surface area contributed by atoms with Crippen LogP contribution in [-0.4, -0.2) is 9.97 Å². The maximum Gasteiger partial charge on any atom is 0.153 e. The summed E-state index contributed by atoms with van der Waals surface area (Å²) < 4.78 is 19.2. The molecule has 3 nitrogen and oxygen atoms in total. The summed E-state index contributed by atoms with van der Waals surface area (Å²) in [5.41, 5.74) is 3.71. The maximum absolute atomic E-state index is 13.2. The lowest BCUT2D eigenvalue weighted by molar-refractivity contribution is 0.216. The summed E-state index contributed by atoms with van der Waals surface area (Å²) in [6.07, 6.45) is -0.234. The van der Waals surface area contributed by atoms with Crippen molar-refractivity contribution in [1.29, 1.82) is 0 Å². The lowest BCUT2D eigenvalue weighted by Gasteiger charge is -2.14. The van der Waals surface area contributed by atoms with E-state index in [0.29, 0.717) is 11.3 Å². The largest absolute Gasteiger partial charge is 0.483 e. The number of nitrogens with zero attached hydrogens (tertiary/aromatic N) is 1. The van der Waals surface area contributed by atoms with Gasteiger partial charge in [-0.1, -0.05) is 17.7 Å². The van der Waals surface area contributed by atoms with Crippen LogP contribution in [0.4, 0.5) is 4.39 Å². The van der Waals surface area contributed by atoms with Crippen LogP contribution in [0.3, 0.4) is 0 Å². The van der Waals surface area contributed by atoms with Crippen molar-refractivity contribution in [3.63, 3.8) is 0 Å². The molecule has 2 aromatic carbocycles. The van der Waals surface area contributed by atoms with Gasteiger partial charge in [-0.05, 0) is 50.6 Å². The molecule has 3 aromatic rings. The molecule has 1 N–H and O–H groups in total. The molecule has 0 aliphatic rings. The SMILES string of the molecule is Cc1ccc(OC(C)c2nc3ccc(F)cc3[nH]2)c(C)c1. The van der Waals surface area contributed by atoms with Crippen LogP contribution in [0.15, 0.2) is 36.4 Å². The zero-order valence-electron chi connectivity index (χ0n) is 12.3. The van der Waals surface area contributed by atoms with Gasteiger partial charge < -0.3 is 9.72 Å². The molecule has 0 spiro atoms. The predicted octanol–water partition coefficient (Wildman–Crippen LogP) is 4.46. The van der Waals surface area contributed by atoms with Crippen LogP contribution in [0.2, 0.25) is 0 Å². The normalized spacial score (nSPS) is 12.6. The van der Waals surface area contributed by atoms with E-state index in [4.69, 9.17) is 4.74 Å². The van der Waals surface area contributed by atoms with Gasteiger partial charge in [0, 0.05) is 0 Å². The zero-order chi connectivity index (χ0) is 15.0. The number of halogens is 1. The number of aryl methyl sites for hydroxylation is 2. The Morgan fingerprint density at radius 3 is 2.71 bits per heavy atom. The highest BCUT2D eigenvalue weighted by atomic mass is 19.1. The number of imidazole rings is 1. The van der Waals surface area contributed by atoms with Gasteiger partial charge in [-0.3, -0.25) is 0 Å². The number of rotatable bonds is 3. The average Bonchev–Trinajstić information content (AvgIpc) is 2.85. The monoisotopic (exact) mass is 284 g/mol. The number of aromatic amines is 1. The van der Waals surface area contributed by atoms with Crippen LogP contribution in [0, 0.1) is 19.7 Å². The van der Waals surface area contributed by atoms with Crippen LogP contribution in [0.5, 0.6) is 5.75 Å². The van der Waals surface area contributed by atoms with E-state index in [-0.39, 0.29) is 11.9 Å². The van der Waals surface area contributed by atoms with Crippen molar-refractivity contribution in [2.75, 3.05) is 0 Å². The quantitative estimate of drug-likeness (QED) is 0.771. The standard InChI is InChI=1S/C17H17FN2O/c1-10-4-7-16(11(2)8-10)21-12(3)17-19-14-6-5-13(18)9-15(14)20-17/h4-9,12H,1-3H3,(H,19,20). The fourth-order valence-electron chi connectivity index (χ4n) is 2.37. The highest BCUT2D eigenvalue weighted by molar-refractivity contribution is 5.75. The lowest BCUT2D eigenvalue weighted by Crippen LogP contribution is -2.06. The number of hydrogen-bond acceptors (Lipinski definition) is 2. The highest BCUT2D eigenvalue weighted by Crippen LogP contribution is 2.25. The molecule has 0 aliphatic carbocycles. The van der Waals surface area contributed by atoms with Crippen molar-refractivity contribution in [2.45, 2.75) is 26.9 Å². The first-order valence-electron chi connectivity index (χ1n) is 6.92. The van der Waals surface area contributed by atoms with E-state index in [1.54, 1.807) is 6.07 Å². The number of benzene rings is 2. The second-order valence-electron chi connectivity index (χ2n) is 5.31. The summed E-state index contributed by atoms with van der Waals surface area (Å²) in [4.78, 5) is 7.56. The summed E-state index contributed by atoms with van der Waals surface area (Å²) in [5, 5.41) is 0. The minimum atomic E-state index is -0.277. The second kappa shape index (κ2) is 5.20. The number of nitrogens with one attached hydrogen (secondary N) is 1. The van der Waals surface area contributed by atoms with Crippen molar-refractivity contribution >= 4 is 11.0 Å². The van der Waals surface area contributed by atoms with E-state index in [2.05, 4.69) is 16.0 Å². The zero-order valence-corrected chi connectivity index (χ0v) is 12.3. The molecular formula is C17H17FN2O. The number of H-pyrrole nitrogens is 1. The Labute approximate surface area is 122 Å². The van der Waals surface area contributed by atoms with Crippen molar-refractivity contribution in [3.8, 4) is 5.75 Å². The van der Waals surface area contributed by atoms with Crippen LogP contribution in [0.25, 0.3) is 11.0 Å². The highest BCUT2D eigenvalue weighted by Gasteiger charge is 2.14. The molecule has 3 rings (SSSR count). The van der Waals surface area contributed by atoms with Crippen LogP contribution < -0.4 is 4.74 Å². The molecule has 0 saturated heterocycles. The molecule has 0 fully saturated rings. The van der Waals surface area contributed by atoms with Gasteiger partial charge in [0.05, 0.1) is 11.0 Å². The van der Waals surface area contributed by atoms with Crippen LogP contribution in [-0.2, 0) is 0 Å².